The fourth-order valence-electron chi connectivity index (χ4n) is 1.69. The van der Waals surface area contributed by atoms with Gasteiger partial charge in [-0.05, 0) is 25.1 Å². The van der Waals surface area contributed by atoms with E-state index in [9.17, 15) is 0 Å². The third-order valence-corrected chi connectivity index (χ3v) is 2.67. The summed E-state index contributed by atoms with van der Waals surface area (Å²) in [6.45, 7) is 8.27. The first-order valence-corrected chi connectivity index (χ1v) is 5.96. The van der Waals surface area contributed by atoms with Crippen molar-refractivity contribution in [3.63, 3.8) is 0 Å². The van der Waals surface area contributed by atoms with Crippen molar-refractivity contribution < 1.29 is 0 Å². The molecule has 90 valence electrons. The summed E-state index contributed by atoms with van der Waals surface area (Å²) in [5.41, 5.74) is 0.895. The van der Waals surface area contributed by atoms with Gasteiger partial charge >= 0.3 is 0 Å². The van der Waals surface area contributed by atoms with Gasteiger partial charge in [-0.2, -0.15) is 5.10 Å². The minimum Gasteiger partial charge on any atom is -0.217 e. The lowest BCUT2D eigenvalue weighted by Gasteiger charge is -2.18. The van der Waals surface area contributed by atoms with E-state index in [2.05, 4.69) is 30.9 Å². The van der Waals surface area contributed by atoms with Gasteiger partial charge < -0.3 is 0 Å². The Morgan fingerprint density at radius 3 is 2.53 bits per heavy atom. The second-order valence-electron chi connectivity index (χ2n) is 5.12. The maximum absolute atomic E-state index is 6.01. The van der Waals surface area contributed by atoms with Crippen LogP contribution in [0.5, 0.6) is 0 Å². The maximum Gasteiger partial charge on any atom is 0.148 e. The second kappa shape index (κ2) is 4.15. The van der Waals surface area contributed by atoms with Crippen molar-refractivity contribution >= 4 is 11.6 Å². The number of halogens is 1. The molecule has 17 heavy (non-hydrogen) atoms. The topological polar surface area (TPSA) is 30.7 Å². The van der Waals surface area contributed by atoms with Crippen LogP contribution in [0.4, 0.5) is 0 Å². The van der Waals surface area contributed by atoms with Crippen LogP contribution in [0.3, 0.4) is 0 Å². The molecule has 1 aromatic heterocycles. The third kappa shape index (κ3) is 2.50. The smallest absolute Gasteiger partial charge is 0.148 e. The van der Waals surface area contributed by atoms with Crippen LogP contribution >= 0.6 is 11.6 Å². The van der Waals surface area contributed by atoms with E-state index in [4.69, 9.17) is 11.6 Å². The second-order valence-corrected chi connectivity index (χ2v) is 5.56. The summed E-state index contributed by atoms with van der Waals surface area (Å²) in [7, 11) is 0. The van der Waals surface area contributed by atoms with Gasteiger partial charge in [0.25, 0.3) is 0 Å². The van der Waals surface area contributed by atoms with Gasteiger partial charge in [0.05, 0.1) is 5.69 Å². The van der Waals surface area contributed by atoms with E-state index in [1.807, 2.05) is 35.9 Å². The fourth-order valence-corrected chi connectivity index (χ4v) is 1.87. The van der Waals surface area contributed by atoms with Crippen molar-refractivity contribution in [3.8, 4) is 5.69 Å². The number of aromatic nitrogens is 3. The number of hydrogen-bond acceptors (Lipinski definition) is 2. The quantitative estimate of drug-likeness (QED) is 0.774. The Bertz CT molecular complexity index is 538. The summed E-state index contributed by atoms with van der Waals surface area (Å²) >= 11 is 6.01. The van der Waals surface area contributed by atoms with Crippen molar-refractivity contribution in [2.45, 2.75) is 33.1 Å². The van der Waals surface area contributed by atoms with Crippen LogP contribution in [-0.4, -0.2) is 14.8 Å². The largest absolute Gasteiger partial charge is 0.217 e. The molecule has 0 saturated heterocycles. The molecule has 0 unspecified atom stereocenters. The summed E-state index contributed by atoms with van der Waals surface area (Å²) in [4.78, 5) is 4.50. The molecular weight excluding hydrogens is 234 g/mol. The molecule has 1 heterocycles. The molecule has 0 fully saturated rings. The van der Waals surface area contributed by atoms with Crippen molar-refractivity contribution in [1.82, 2.24) is 14.8 Å². The van der Waals surface area contributed by atoms with Crippen LogP contribution in [0.1, 0.15) is 32.4 Å². The maximum atomic E-state index is 6.01. The van der Waals surface area contributed by atoms with E-state index >= 15 is 0 Å². The number of nitrogens with zero attached hydrogens (tertiary/aromatic N) is 3. The van der Waals surface area contributed by atoms with Gasteiger partial charge in [0.1, 0.15) is 11.6 Å². The molecule has 0 aliphatic carbocycles. The fraction of sp³-hybridized carbons (Fsp3) is 0.385. The van der Waals surface area contributed by atoms with Gasteiger partial charge in [0, 0.05) is 10.4 Å². The van der Waals surface area contributed by atoms with Crippen molar-refractivity contribution in [2.75, 3.05) is 0 Å². The first kappa shape index (κ1) is 12.1. The summed E-state index contributed by atoms with van der Waals surface area (Å²) in [5, 5.41) is 5.14. The van der Waals surface area contributed by atoms with Crippen LogP contribution in [0.2, 0.25) is 5.02 Å². The normalized spacial score (nSPS) is 11.8. The predicted molar refractivity (Wildman–Crippen MR) is 69.8 cm³/mol. The average molecular weight is 250 g/mol. The Morgan fingerprint density at radius 2 is 1.94 bits per heavy atom. The van der Waals surface area contributed by atoms with E-state index in [1.54, 1.807) is 0 Å². The van der Waals surface area contributed by atoms with Gasteiger partial charge in [-0.1, -0.05) is 38.4 Å². The predicted octanol–water partition coefficient (Wildman–Crippen LogP) is 3.53. The van der Waals surface area contributed by atoms with Gasteiger partial charge in [0.15, 0.2) is 0 Å². The molecule has 0 spiro atoms. The lowest BCUT2D eigenvalue weighted by Crippen LogP contribution is -2.18. The Kier molecular flexibility index (Phi) is 2.96. The molecule has 3 nitrogen and oxygen atoms in total. The molecule has 0 radical (unpaired) electrons. The number of rotatable bonds is 1. The Balaban J connectivity index is 2.60. The molecular formula is C13H16ClN3. The highest BCUT2D eigenvalue weighted by Gasteiger charge is 2.22. The number of benzene rings is 1. The molecule has 0 saturated carbocycles. The van der Waals surface area contributed by atoms with E-state index in [-0.39, 0.29) is 5.41 Å². The van der Waals surface area contributed by atoms with Crippen LogP contribution < -0.4 is 0 Å². The summed E-state index contributed by atoms with van der Waals surface area (Å²) in [6, 6.07) is 7.65. The minimum absolute atomic E-state index is 0.0520. The van der Waals surface area contributed by atoms with Crippen molar-refractivity contribution in [1.29, 1.82) is 0 Å². The molecule has 2 aromatic rings. The highest BCUT2D eigenvalue weighted by molar-refractivity contribution is 6.30. The zero-order valence-electron chi connectivity index (χ0n) is 10.5. The molecule has 1 aromatic carbocycles. The zero-order valence-corrected chi connectivity index (χ0v) is 11.3. The molecule has 0 aliphatic rings. The first-order valence-electron chi connectivity index (χ1n) is 5.58. The Labute approximate surface area is 106 Å². The van der Waals surface area contributed by atoms with Crippen LogP contribution in [-0.2, 0) is 5.41 Å². The number of hydrogen-bond donors (Lipinski definition) is 0. The lowest BCUT2D eigenvalue weighted by atomic mass is 9.95. The summed E-state index contributed by atoms with van der Waals surface area (Å²) < 4.78 is 1.86. The van der Waals surface area contributed by atoms with E-state index < -0.39 is 0 Å². The standard InChI is InChI=1S/C13H16ClN3/c1-9-15-12(13(2,3)4)17(16-9)11-7-5-6-10(14)8-11/h5-8H,1-4H3. The lowest BCUT2D eigenvalue weighted by molar-refractivity contribution is 0.526. The van der Waals surface area contributed by atoms with Crippen molar-refractivity contribution in [3.05, 3.63) is 40.9 Å². The molecule has 4 heteroatoms. The third-order valence-electron chi connectivity index (χ3n) is 2.44. The van der Waals surface area contributed by atoms with Crippen LogP contribution in [0.15, 0.2) is 24.3 Å². The molecule has 0 N–H and O–H groups in total. The van der Waals surface area contributed by atoms with Gasteiger partial charge in [-0.25, -0.2) is 9.67 Å². The highest BCUT2D eigenvalue weighted by atomic mass is 35.5. The molecule has 0 bridgehead atoms. The summed E-state index contributed by atoms with van der Waals surface area (Å²) in [6.07, 6.45) is 0. The van der Waals surface area contributed by atoms with Crippen LogP contribution in [0.25, 0.3) is 5.69 Å². The van der Waals surface area contributed by atoms with Gasteiger partial charge in [0.2, 0.25) is 0 Å². The van der Waals surface area contributed by atoms with E-state index in [1.165, 1.54) is 0 Å². The van der Waals surface area contributed by atoms with Crippen LogP contribution in [0, 0.1) is 6.92 Å². The van der Waals surface area contributed by atoms with E-state index in [0.717, 1.165) is 17.3 Å². The molecule has 2 rings (SSSR count). The number of aryl methyl sites for hydroxylation is 1. The zero-order chi connectivity index (χ0) is 12.6. The SMILES string of the molecule is Cc1nc(C(C)(C)C)n(-c2cccc(Cl)c2)n1. The molecule has 0 amide bonds. The van der Waals surface area contributed by atoms with E-state index in [0.29, 0.717) is 5.02 Å². The first-order chi connectivity index (χ1) is 7.88. The Morgan fingerprint density at radius 1 is 1.24 bits per heavy atom. The molecule has 0 atom stereocenters. The monoisotopic (exact) mass is 249 g/mol. The van der Waals surface area contributed by atoms with Gasteiger partial charge in [-0.3, -0.25) is 0 Å². The minimum atomic E-state index is -0.0520. The summed E-state index contributed by atoms with van der Waals surface area (Å²) in [5.74, 6) is 1.71. The average Bonchev–Trinajstić information content (AvgIpc) is 2.60. The van der Waals surface area contributed by atoms with Gasteiger partial charge in [-0.15, -0.1) is 0 Å². The Hall–Kier alpha value is -1.35. The highest BCUT2D eigenvalue weighted by Crippen LogP contribution is 2.24. The molecule has 0 aliphatic heterocycles. The van der Waals surface area contributed by atoms with Crippen molar-refractivity contribution in [2.24, 2.45) is 0 Å².